The molecule has 128 valence electrons. The minimum Gasteiger partial charge on any atom is -0.352 e. The fourth-order valence-electron chi connectivity index (χ4n) is 2.87. The second-order valence-electron chi connectivity index (χ2n) is 6.33. The highest BCUT2D eigenvalue weighted by atomic mass is 32.1. The van der Waals surface area contributed by atoms with Crippen LogP contribution in [-0.2, 0) is 6.42 Å². The summed E-state index contributed by atoms with van der Waals surface area (Å²) in [6.07, 6.45) is 0.812. The summed E-state index contributed by atoms with van der Waals surface area (Å²) in [7, 11) is 0. The molecule has 0 bridgehead atoms. The third-order valence-corrected chi connectivity index (χ3v) is 4.83. The first kappa shape index (κ1) is 17.4. The molecule has 0 aliphatic heterocycles. The summed E-state index contributed by atoms with van der Waals surface area (Å²) in [6, 6.07) is 14.3. The monoisotopic (exact) mass is 350 g/mol. The van der Waals surface area contributed by atoms with Gasteiger partial charge in [-0.15, -0.1) is 11.3 Å². The van der Waals surface area contributed by atoms with Gasteiger partial charge in [-0.1, -0.05) is 41.5 Å². The predicted molar refractivity (Wildman–Crippen MR) is 104 cm³/mol. The van der Waals surface area contributed by atoms with Crippen LogP contribution in [0.15, 0.2) is 47.8 Å². The summed E-state index contributed by atoms with van der Waals surface area (Å²) in [5, 5.41) is 6.16. The molecule has 0 unspecified atom stereocenters. The van der Waals surface area contributed by atoms with Gasteiger partial charge in [0.2, 0.25) is 0 Å². The van der Waals surface area contributed by atoms with E-state index in [0.29, 0.717) is 6.54 Å². The maximum Gasteiger partial charge on any atom is 0.251 e. The maximum atomic E-state index is 12.3. The molecule has 0 spiro atoms. The normalized spacial score (nSPS) is 10.7. The Kier molecular flexibility index (Phi) is 5.29. The molecule has 3 aromatic rings. The number of hydrogen-bond acceptors (Lipinski definition) is 3. The lowest BCUT2D eigenvalue weighted by atomic mass is 10.1. The van der Waals surface area contributed by atoms with Crippen molar-refractivity contribution >= 4 is 17.2 Å². The van der Waals surface area contributed by atoms with E-state index in [-0.39, 0.29) is 5.91 Å². The Balaban J connectivity index is 1.56. The van der Waals surface area contributed by atoms with Crippen LogP contribution in [0, 0.1) is 20.8 Å². The van der Waals surface area contributed by atoms with Crippen LogP contribution in [0.2, 0.25) is 0 Å². The third-order valence-electron chi connectivity index (χ3n) is 4.05. The highest BCUT2D eigenvalue weighted by molar-refractivity contribution is 7.09. The number of nitrogens with one attached hydrogen (secondary N) is 1. The molecule has 1 heterocycles. The van der Waals surface area contributed by atoms with E-state index in [1.165, 1.54) is 5.56 Å². The van der Waals surface area contributed by atoms with Crippen molar-refractivity contribution in [3.8, 4) is 11.3 Å². The Morgan fingerprint density at radius 2 is 1.72 bits per heavy atom. The molecule has 3 nitrogen and oxygen atoms in total. The first-order valence-corrected chi connectivity index (χ1v) is 9.27. The van der Waals surface area contributed by atoms with Crippen LogP contribution >= 0.6 is 11.3 Å². The van der Waals surface area contributed by atoms with Crippen molar-refractivity contribution < 1.29 is 4.79 Å². The van der Waals surface area contributed by atoms with Gasteiger partial charge in [-0.2, -0.15) is 0 Å². The molecule has 2 aromatic carbocycles. The summed E-state index contributed by atoms with van der Waals surface area (Å²) in [5.74, 6) is -0.0126. The molecule has 1 aromatic heterocycles. The third kappa shape index (κ3) is 4.54. The number of hydrogen-bond donors (Lipinski definition) is 1. The molecule has 0 radical (unpaired) electrons. The summed E-state index contributed by atoms with van der Waals surface area (Å²) >= 11 is 1.66. The fourth-order valence-corrected chi connectivity index (χ4v) is 3.49. The van der Waals surface area contributed by atoms with Crippen LogP contribution in [0.25, 0.3) is 11.3 Å². The van der Waals surface area contributed by atoms with Crippen molar-refractivity contribution in [2.75, 3.05) is 6.54 Å². The Morgan fingerprint density at radius 1 is 1.04 bits per heavy atom. The molecule has 0 saturated heterocycles. The van der Waals surface area contributed by atoms with Crippen LogP contribution in [0.3, 0.4) is 0 Å². The summed E-state index contributed by atoms with van der Waals surface area (Å²) in [4.78, 5) is 16.8. The van der Waals surface area contributed by atoms with Crippen molar-refractivity contribution in [2.45, 2.75) is 27.2 Å². The number of amides is 1. The van der Waals surface area contributed by atoms with Crippen molar-refractivity contribution in [3.05, 3.63) is 75.1 Å². The minimum atomic E-state index is -0.0126. The van der Waals surface area contributed by atoms with Crippen molar-refractivity contribution in [2.24, 2.45) is 0 Å². The second kappa shape index (κ2) is 7.62. The SMILES string of the molecule is Cc1cc(C)cc(C(=O)NCCc2ccc(-c3csc(C)n3)cc2)c1. The van der Waals surface area contributed by atoms with Gasteiger partial charge in [0, 0.05) is 23.1 Å². The molecular formula is C21H22N2OS. The predicted octanol–water partition coefficient (Wildman–Crippen LogP) is 4.71. The van der Waals surface area contributed by atoms with Crippen molar-refractivity contribution in [1.82, 2.24) is 10.3 Å². The van der Waals surface area contributed by atoms with Crippen LogP contribution in [-0.4, -0.2) is 17.4 Å². The van der Waals surface area contributed by atoms with Crippen LogP contribution < -0.4 is 5.32 Å². The molecule has 0 aliphatic carbocycles. The highest BCUT2D eigenvalue weighted by Gasteiger charge is 2.06. The van der Waals surface area contributed by atoms with E-state index in [1.54, 1.807) is 11.3 Å². The van der Waals surface area contributed by atoms with Crippen molar-refractivity contribution in [3.63, 3.8) is 0 Å². The van der Waals surface area contributed by atoms with E-state index in [9.17, 15) is 4.79 Å². The zero-order valence-electron chi connectivity index (χ0n) is 14.8. The number of aromatic nitrogens is 1. The Labute approximate surface area is 152 Å². The lowest BCUT2D eigenvalue weighted by Gasteiger charge is -2.08. The van der Waals surface area contributed by atoms with Crippen LogP contribution in [0.4, 0.5) is 0 Å². The van der Waals surface area contributed by atoms with Gasteiger partial charge in [-0.3, -0.25) is 4.79 Å². The van der Waals surface area contributed by atoms with E-state index < -0.39 is 0 Å². The molecule has 3 rings (SSSR count). The summed E-state index contributed by atoms with van der Waals surface area (Å²) in [5.41, 5.74) is 6.31. The zero-order valence-corrected chi connectivity index (χ0v) is 15.6. The van der Waals surface area contributed by atoms with E-state index in [2.05, 4.69) is 46.0 Å². The standard InChI is InChI=1S/C21H22N2OS/c1-14-10-15(2)12-19(11-14)21(24)22-9-8-17-4-6-18(7-5-17)20-13-25-16(3)23-20/h4-7,10-13H,8-9H2,1-3H3,(H,22,24). The quantitative estimate of drug-likeness (QED) is 0.724. The number of rotatable bonds is 5. The number of carbonyl (C=O) groups is 1. The topological polar surface area (TPSA) is 42.0 Å². The first-order chi connectivity index (χ1) is 12.0. The number of benzene rings is 2. The lowest BCUT2D eigenvalue weighted by Crippen LogP contribution is -2.25. The van der Waals surface area contributed by atoms with E-state index in [0.717, 1.165) is 39.4 Å². The van der Waals surface area contributed by atoms with Crippen LogP contribution in [0.1, 0.15) is 32.1 Å². The molecule has 0 saturated carbocycles. The highest BCUT2D eigenvalue weighted by Crippen LogP contribution is 2.21. The Hall–Kier alpha value is -2.46. The average Bonchev–Trinajstić information content (AvgIpc) is 3.01. The molecule has 0 fully saturated rings. The molecular weight excluding hydrogens is 328 g/mol. The van der Waals surface area contributed by atoms with E-state index in [4.69, 9.17) is 0 Å². The summed E-state index contributed by atoms with van der Waals surface area (Å²) < 4.78 is 0. The van der Waals surface area contributed by atoms with Gasteiger partial charge in [0.1, 0.15) is 0 Å². The second-order valence-corrected chi connectivity index (χ2v) is 7.39. The number of aryl methyl sites for hydroxylation is 3. The van der Waals surface area contributed by atoms with Crippen LogP contribution in [0.5, 0.6) is 0 Å². The van der Waals surface area contributed by atoms with Gasteiger partial charge in [-0.25, -0.2) is 4.98 Å². The molecule has 1 amide bonds. The summed E-state index contributed by atoms with van der Waals surface area (Å²) in [6.45, 7) is 6.66. The lowest BCUT2D eigenvalue weighted by molar-refractivity contribution is 0.0954. The average molecular weight is 350 g/mol. The molecule has 4 heteroatoms. The van der Waals surface area contributed by atoms with E-state index >= 15 is 0 Å². The van der Waals surface area contributed by atoms with Gasteiger partial charge in [-0.05, 0) is 44.9 Å². The Morgan fingerprint density at radius 3 is 2.32 bits per heavy atom. The van der Waals surface area contributed by atoms with E-state index in [1.807, 2.05) is 32.9 Å². The largest absolute Gasteiger partial charge is 0.352 e. The van der Waals surface area contributed by atoms with Crippen molar-refractivity contribution in [1.29, 1.82) is 0 Å². The van der Waals surface area contributed by atoms with Gasteiger partial charge in [0.15, 0.2) is 0 Å². The van der Waals surface area contributed by atoms with Gasteiger partial charge < -0.3 is 5.32 Å². The number of thiazole rings is 1. The smallest absolute Gasteiger partial charge is 0.251 e. The Bertz CT molecular complexity index is 861. The fraction of sp³-hybridized carbons (Fsp3) is 0.238. The maximum absolute atomic E-state index is 12.3. The molecule has 25 heavy (non-hydrogen) atoms. The van der Waals surface area contributed by atoms with Gasteiger partial charge in [0.05, 0.1) is 10.7 Å². The molecule has 0 atom stereocenters. The number of carbonyl (C=O) groups excluding carboxylic acids is 1. The molecule has 1 N–H and O–H groups in total. The minimum absolute atomic E-state index is 0.0126. The number of nitrogens with zero attached hydrogens (tertiary/aromatic N) is 1. The van der Waals surface area contributed by atoms with Gasteiger partial charge in [0.25, 0.3) is 5.91 Å². The zero-order chi connectivity index (χ0) is 17.8. The molecule has 0 aliphatic rings. The van der Waals surface area contributed by atoms with Gasteiger partial charge >= 0.3 is 0 Å². The first-order valence-electron chi connectivity index (χ1n) is 8.39.